The number of aliphatic hydroxyl groups is 3. The van der Waals surface area contributed by atoms with Crippen LogP contribution in [0.15, 0.2) is 23.3 Å². The predicted octanol–water partition coefficient (Wildman–Crippen LogP) is -0.0925. The molecule has 6 aliphatic rings. The molecule has 0 radical (unpaired) electrons. The number of hydrogen-bond donors (Lipinski definition) is 6. The van der Waals surface area contributed by atoms with Crippen LogP contribution < -0.4 is 4.74 Å². The van der Waals surface area contributed by atoms with E-state index in [2.05, 4.69) is 4.90 Å². The van der Waals surface area contributed by atoms with E-state index in [0.29, 0.717) is 36.2 Å². The Kier molecular flexibility index (Phi) is 6.88. The lowest BCUT2D eigenvalue weighted by molar-refractivity contribution is -0.201. The molecule has 6 N–H and O–H groups in total. The standard InChI is InChI=1S/C26H30N2O5.C4H6O6/c1-13-14(2)24(31)28(23(13)30)17-7-8-26(32)19-11-16-5-6-18(29)21-20(16)25(26,22(17)33-21)9-10-27(19)12-15-3-4-15;5-1(3(7)8)2(6)4(9)10/h5-6,15,17,19,22,29,32H,3-4,7-12H2,1-2H3;1-2,5-6H,(H,7,8)(H,9,10)/t17-,19+,22-,25-,26?;/m0./s1. The van der Waals surface area contributed by atoms with Gasteiger partial charge in [-0.25, -0.2) is 9.59 Å². The molecule has 43 heavy (non-hydrogen) atoms. The number of amides is 2. The highest BCUT2D eigenvalue weighted by molar-refractivity contribution is 6.19. The zero-order valence-electron chi connectivity index (χ0n) is 23.9. The number of ether oxygens (including phenoxy) is 1. The first-order valence-electron chi connectivity index (χ1n) is 14.6. The number of aromatic hydroxyl groups is 1. The zero-order chi connectivity index (χ0) is 31.2. The Morgan fingerprint density at radius 1 is 1.00 bits per heavy atom. The van der Waals surface area contributed by atoms with Crippen molar-refractivity contribution in [2.24, 2.45) is 5.92 Å². The van der Waals surface area contributed by atoms with Crippen LogP contribution >= 0.6 is 0 Å². The van der Waals surface area contributed by atoms with Crippen LogP contribution in [-0.4, -0.2) is 113 Å². The summed E-state index contributed by atoms with van der Waals surface area (Å²) < 4.78 is 6.50. The minimum Gasteiger partial charge on any atom is -0.504 e. The summed E-state index contributed by atoms with van der Waals surface area (Å²) in [7, 11) is 0. The van der Waals surface area contributed by atoms with Crippen LogP contribution in [0.4, 0.5) is 0 Å². The van der Waals surface area contributed by atoms with Crippen LogP contribution in [0.5, 0.6) is 11.5 Å². The molecule has 13 nitrogen and oxygen atoms in total. The highest BCUT2D eigenvalue weighted by Crippen LogP contribution is 2.66. The Morgan fingerprint density at radius 2 is 1.60 bits per heavy atom. The van der Waals surface area contributed by atoms with E-state index in [1.54, 1.807) is 19.9 Å². The largest absolute Gasteiger partial charge is 0.504 e. The van der Waals surface area contributed by atoms with Crippen molar-refractivity contribution in [2.75, 3.05) is 13.1 Å². The number of carboxylic acids is 2. The average molecular weight is 601 g/mol. The third kappa shape index (κ3) is 4.12. The number of piperidine rings is 1. The first-order chi connectivity index (χ1) is 20.2. The number of aliphatic carboxylic acids is 2. The maximum atomic E-state index is 13.1. The number of benzene rings is 1. The van der Waals surface area contributed by atoms with Crippen LogP contribution in [0.25, 0.3) is 0 Å². The predicted molar refractivity (Wildman–Crippen MR) is 146 cm³/mol. The van der Waals surface area contributed by atoms with E-state index >= 15 is 0 Å². The summed E-state index contributed by atoms with van der Waals surface area (Å²) in [5.74, 6) is -2.81. The lowest BCUT2D eigenvalue weighted by Gasteiger charge is -2.64. The molecule has 7 rings (SSSR count). The summed E-state index contributed by atoms with van der Waals surface area (Å²) in [6.07, 6.45) is -0.133. The van der Waals surface area contributed by atoms with Crippen molar-refractivity contribution in [2.45, 2.75) is 93.8 Å². The van der Waals surface area contributed by atoms with Crippen LogP contribution in [-0.2, 0) is 31.0 Å². The molecule has 232 valence electrons. The molecule has 1 aromatic rings. The number of imide groups is 1. The molecule has 3 fully saturated rings. The van der Waals surface area contributed by atoms with Crippen molar-refractivity contribution in [3.05, 3.63) is 34.4 Å². The summed E-state index contributed by atoms with van der Waals surface area (Å²) in [5, 5.41) is 55.8. The molecule has 1 spiro atoms. The summed E-state index contributed by atoms with van der Waals surface area (Å²) in [4.78, 5) is 49.6. The molecular weight excluding hydrogens is 564 g/mol. The van der Waals surface area contributed by atoms with Gasteiger partial charge in [0.15, 0.2) is 23.7 Å². The molecule has 3 heterocycles. The molecule has 3 aliphatic carbocycles. The molecule has 13 heteroatoms. The summed E-state index contributed by atoms with van der Waals surface area (Å²) >= 11 is 0. The van der Waals surface area contributed by atoms with Gasteiger partial charge in [-0.3, -0.25) is 19.4 Å². The average Bonchev–Trinajstić information content (AvgIpc) is 3.68. The van der Waals surface area contributed by atoms with E-state index in [9.17, 15) is 29.4 Å². The van der Waals surface area contributed by atoms with Crippen LogP contribution in [0.2, 0.25) is 0 Å². The third-order valence-electron chi connectivity index (χ3n) is 10.5. The van der Waals surface area contributed by atoms with Gasteiger partial charge in [-0.2, -0.15) is 0 Å². The molecular formula is C30H36N2O11. The van der Waals surface area contributed by atoms with Gasteiger partial charge in [0.05, 0.1) is 17.1 Å². The van der Waals surface area contributed by atoms with Crippen LogP contribution in [0, 0.1) is 5.92 Å². The third-order valence-corrected chi connectivity index (χ3v) is 10.5. The minimum atomic E-state index is -2.27. The van der Waals surface area contributed by atoms with E-state index in [1.807, 2.05) is 6.07 Å². The Labute approximate surface area is 247 Å². The number of carboxylic acid groups (broad SMARTS) is 2. The van der Waals surface area contributed by atoms with Gasteiger partial charge in [0.25, 0.3) is 11.8 Å². The van der Waals surface area contributed by atoms with Crippen molar-refractivity contribution >= 4 is 23.8 Å². The number of likely N-dealkylation sites (tertiary alicyclic amines) is 1. The summed E-state index contributed by atoms with van der Waals surface area (Å²) in [6.45, 7) is 5.27. The summed E-state index contributed by atoms with van der Waals surface area (Å²) in [5.41, 5.74) is 1.26. The van der Waals surface area contributed by atoms with E-state index in [1.165, 1.54) is 17.7 Å². The lowest BCUT2D eigenvalue weighted by atomic mass is 9.48. The molecule has 3 aliphatic heterocycles. The van der Waals surface area contributed by atoms with Crippen molar-refractivity contribution in [3.8, 4) is 11.5 Å². The molecule has 3 unspecified atom stereocenters. The van der Waals surface area contributed by atoms with E-state index < -0.39 is 47.3 Å². The topological polar surface area (TPSA) is 205 Å². The molecule has 2 amide bonds. The monoisotopic (exact) mass is 600 g/mol. The maximum absolute atomic E-state index is 13.1. The highest BCUT2D eigenvalue weighted by atomic mass is 16.5. The SMILES string of the molecule is CC1=C(C)C(=O)N([C@H]2CCC3(O)[C@H]4Cc5ccc(O)c6c5[C@@]3(CCN4CC3CC3)[C@H]2O6)C1=O.O=C(O)C(O)C(O)C(=O)O. The van der Waals surface area contributed by atoms with Crippen LogP contribution in [0.1, 0.15) is 57.1 Å². The fourth-order valence-electron chi connectivity index (χ4n) is 8.07. The lowest BCUT2D eigenvalue weighted by Crippen LogP contribution is -2.78. The number of phenols is 1. The quantitative estimate of drug-likeness (QED) is 0.237. The highest BCUT2D eigenvalue weighted by Gasteiger charge is 2.74. The van der Waals surface area contributed by atoms with Crippen molar-refractivity contribution in [1.82, 2.24) is 9.80 Å². The second-order valence-corrected chi connectivity index (χ2v) is 12.7. The van der Waals surface area contributed by atoms with E-state index in [4.69, 9.17) is 25.2 Å². The first-order valence-corrected chi connectivity index (χ1v) is 14.6. The number of carbonyl (C=O) groups excluding carboxylic acids is 2. The van der Waals surface area contributed by atoms with E-state index in [0.717, 1.165) is 36.6 Å². The Bertz CT molecular complexity index is 1410. The number of carbonyl (C=O) groups is 4. The molecule has 2 saturated carbocycles. The number of nitrogens with zero attached hydrogens (tertiary/aromatic N) is 2. The van der Waals surface area contributed by atoms with Crippen molar-refractivity contribution in [3.63, 3.8) is 0 Å². The van der Waals surface area contributed by atoms with Gasteiger partial charge in [-0.05, 0) is 76.5 Å². The molecule has 2 bridgehead atoms. The molecule has 1 aromatic carbocycles. The van der Waals surface area contributed by atoms with Crippen LogP contribution in [0.3, 0.4) is 0 Å². The van der Waals surface area contributed by atoms with E-state index in [-0.39, 0.29) is 23.6 Å². The van der Waals surface area contributed by atoms with Crippen molar-refractivity contribution in [1.29, 1.82) is 0 Å². The fourth-order valence-corrected chi connectivity index (χ4v) is 8.07. The molecule has 7 atom stereocenters. The maximum Gasteiger partial charge on any atom is 0.335 e. The molecule has 1 saturated heterocycles. The van der Waals surface area contributed by atoms with Gasteiger partial charge in [0.1, 0.15) is 6.10 Å². The number of rotatable bonds is 6. The zero-order valence-corrected chi connectivity index (χ0v) is 23.9. The number of phenolic OH excluding ortho intramolecular Hbond substituents is 1. The van der Waals surface area contributed by atoms with Crippen molar-refractivity contribution < 1.29 is 54.6 Å². The second-order valence-electron chi connectivity index (χ2n) is 12.7. The minimum absolute atomic E-state index is 0.0199. The number of hydrogen-bond acceptors (Lipinski definition) is 10. The second kappa shape index (κ2) is 10.0. The van der Waals surface area contributed by atoms with Gasteiger partial charge in [0.2, 0.25) is 0 Å². The van der Waals surface area contributed by atoms with Gasteiger partial charge in [-0.15, -0.1) is 0 Å². The van der Waals surface area contributed by atoms with Gasteiger partial charge < -0.3 is 35.4 Å². The molecule has 0 aromatic heterocycles. The Hall–Kier alpha value is -3.52. The van der Waals surface area contributed by atoms with Gasteiger partial charge in [0, 0.05) is 29.3 Å². The first kappa shape index (κ1) is 29.5. The summed E-state index contributed by atoms with van der Waals surface area (Å²) in [6, 6.07) is 3.17. The fraction of sp³-hybridized carbons (Fsp3) is 0.600. The Morgan fingerprint density at radius 3 is 2.16 bits per heavy atom. The van der Waals surface area contributed by atoms with Gasteiger partial charge >= 0.3 is 11.9 Å². The smallest absolute Gasteiger partial charge is 0.335 e. The normalized spacial score (nSPS) is 33.8. The number of aliphatic hydroxyl groups excluding tert-OH is 2. The Balaban J connectivity index is 0.000000286. The van der Waals surface area contributed by atoms with Gasteiger partial charge in [-0.1, -0.05) is 6.07 Å².